The van der Waals surface area contributed by atoms with Gasteiger partial charge in [-0.2, -0.15) is 0 Å². The summed E-state index contributed by atoms with van der Waals surface area (Å²) in [5.74, 6) is -7.99. The zero-order chi connectivity index (χ0) is 46.5. The van der Waals surface area contributed by atoms with Gasteiger partial charge in [0, 0.05) is 79.3 Å². The van der Waals surface area contributed by atoms with Gasteiger partial charge in [-0.25, -0.2) is 0 Å². The Hall–Kier alpha value is -5.12. The van der Waals surface area contributed by atoms with Gasteiger partial charge in [0.2, 0.25) is 0 Å². The number of Topliss-reactive ketones (excluding diaryl/α,β-unsaturated/α-hetero) is 1. The predicted octanol–water partition coefficient (Wildman–Crippen LogP) is 6.85. The number of ketones is 1. The number of carbonyl (C=O) groups excluding carboxylic acids is 4. The van der Waals surface area contributed by atoms with Crippen molar-refractivity contribution >= 4 is 40.0 Å². The number of phenolic OH excluding ortho intramolecular Hbond substituents is 2. The summed E-state index contributed by atoms with van der Waals surface area (Å²) in [6.07, 6.45) is 4.99. The van der Waals surface area contributed by atoms with Gasteiger partial charge in [-0.1, -0.05) is 59.8 Å². The Morgan fingerprint density at radius 2 is 1.56 bits per heavy atom. The van der Waals surface area contributed by atoms with Crippen molar-refractivity contribution in [3.05, 3.63) is 53.3 Å². The Kier molecular flexibility index (Phi) is 16.3. The second kappa shape index (κ2) is 20.4. The van der Waals surface area contributed by atoms with Crippen LogP contribution in [0.1, 0.15) is 105 Å². The normalized spacial score (nSPS) is 30.0. The van der Waals surface area contributed by atoms with Crippen LogP contribution < -0.4 is 14.8 Å². The van der Waals surface area contributed by atoms with Crippen LogP contribution in [0.5, 0.6) is 23.0 Å². The van der Waals surface area contributed by atoms with Crippen molar-refractivity contribution in [1.82, 2.24) is 4.90 Å². The molecule has 3 heterocycles. The number of ether oxygens (including phenoxy) is 5. The van der Waals surface area contributed by atoms with Crippen molar-refractivity contribution in [3.63, 3.8) is 0 Å². The van der Waals surface area contributed by atoms with E-state index in [9.17, 15) is 39.6 Å². The van der Waals surface area contributed by atoms with Gasteiger partial charge in [-0.15, -0.1) is 0 Å². The van der Waals surface area contributed by atoms with Crippen molar-refractivity contribution in [2.45, 2.75) is 138 Å². The van der Waals surface area contributed by atoms with Crippen LogP contribution in [0.25, 0.3) is 10.8 Å². The summed E-state index contributed by atoms with van der Waals surface area (Å²) in [4.78, 5) is 56.2. The number of hydrogen-bond donors (Lipinski definition) is 5. The molecule has 15 nitrogen and oxygen atoms in total. The highest BCUT2D eigenvalue weighted by molar-refractivity contribution is 6.21. The molecule has 11 atom stereocenters. The Labute approximate surface area is 364 Å². The molecule has 2 aromatic rings. The third-order valence-corrected chi connectivity index (χ3v) is 12.6. The molecule has 0 aliphatic carbocycles. The van der Waals surface area contributed by atoms with Crippen LogP contribution in [-0.4, -0.2) is 105 Å². The topological polar surface area (TPSA) is 211 Å². The first kappa shape index (κ1) is 49.5. The van der Waals surface area contributed by atoms with Crippen LogP contribution in [-0.2, 0) is 28.6 Å². The minimum atomic E-state index is -2.03. The van der Waals surface area contributed by atoms with E-state index in [-0.39, 0.29) is 62.6 Å². The van der Waals surface area contributed by atoms with E-state index in [2.05, 4.69) is 5.32 Å². The quantitative estimate of drug-likeness (QED) is 0.129. The van der Waals surface area contributed by atoms with E-state index in [0.29, 0.717) is 12.8 Å². The number of nitrogens with zero attached hydrogens (tertiary/aromatic N) is 1. The van der Waals surface area contributed by atoms with Crippen LogP contribution in [0.2, 0.25) is 0 Å². The SMILES string of the molecule is CCC(C)N(C(=O)COc1cc2c(O)c3c(O)c(C)c4c(c13)C(=O)[C@@](C)(O/C=C/[C@H](OC)[C@@H](C)[C@@H](OC(C)=O)[C@H](C)[C@H](O)[C@H](C)[C@@H](O)[C@@H](C)/C=C/C=C(/C)C(=O)N2)O4)C(C)CC. The van der Waals surface area contributed by atoms with Crippen molar-refractivity contribution < 1.29 is 63.3 Å². The van der Waals surface area contributed by atoms with E-state index in [4.69, 9.17) is 23.7 Å². The maximum absolute atomic E-state index is 14.6. The first-order valence-corrected chi connectivity index (χ1v) is 21.4. The average Bonchev–Trinajstić information content (AvgIpc) is 3.50. The number of anilines is 1. The molecule has 2 amide bonds. The minimum Gasteiger partial charge on any atom is -0.507 e. The highest BCUT2D eigenvalue weighted by Gasteiger charge is 2.50. The van der Waals surface area contributed by atoms with E-state index < -0.39 is 89.6 Å². The van der Waals surface area contributed by atoms with E-state index in [1.54, 1.807) is 44.7 Å². The molecule has 3 aliphatic heterocycles. The summed E-state index contributed by atoms with van der Waals surface area (Å²) in [5.41, 5.74) is -0.000700. The molecule has 0 aromatic heterocycles. The van der Waals surface area contributed by atoms with Gasteiger partial charge >= 0.3 is 11.8 Å². The third-order valence-electron chi connectivity index (χ3n) is 12.6. The van der Waals surface area contributed by atoms with Crippen LogP contribution in [0, 0.1) is 30.6 Å². The second-order valence-corrected chi connectivity index (χ2v) is 17.0. The number of hydrogen-bond acceptors (Lipinski definition) is 13. The number of amides is 2. The molecule has 62 heavy (non-hydrogen) atoms. The number of carbonyl (C=O) groups is 4. The highest BCUT2D eigenvalue weighted by atomic mass is 16.7. The standard InChI is InChI=1S/C47H66N2O13/c1-14-25(5)49(26(6)15-2)35(51)22-59-34-21-32-42(55)37-36(34)38-44(30(10)41(37)54)62-47(12,45(38)56)60-20-19-33(58-13)27(7)43(61-31(11)50)29(9)40(53)28(8)39(52)23(3)17-16-18-24(4)46(57)48-32/h16-21,23,25-29,33,39-40,43,52-55H,14-15,22H2,1-13H3,(H,48,57)/b17-16+,20-19+,24-18-/t23-,25?,26?,27+,28+,29+,33-,39-,40+,43+,47-/m0/s1. The first-order chi connectivity index (χ1) is 29.1. The Morgan fingerprint density at radius 3 is 2.15 bits per heavy atom. The number of nitrogens with one attached hydrogen (secondary N) is 1. The van der Waals surface area contributed by atoms with Gasteiger partial charge in [0.15, 0.2) is 12.4 Å². The van der Waals surface area contributed by atoms with Crippen molar-refractivity contribution in [1.29, 1.82) is 0 Å². The Balaban J connectivity index is 1.95. The molecule has 2 unspecified atom stereocenters. The lowest BCUT2D eigenvalue weighted by Gasteiger charge is -2.38. The fraction of sp³-hybridized carbons (Fsp3) is 0.574. The summed E-state index contributed by atoms with van der Waals surface area (Å²) < 4.78 is 30.0. The summed E-state index contributed by atoms with van der Waals surface area (Å²) in [7, 11) is 1.44. The smallest absolute Gasteiger partial charge is 0.312 e. The molecule has 0 fully saturated rings. The lowest BCUT2D eigenvalue weighted by molar-refractivity contribution is -0.160. The van der Waals surface area contributed by atoms with E-state index >= 15 is 0 Å². The molecule has 3 aliphatic rings. The van der Waals surface area contributed by atoms with Crippen LogP contribution in [0.4, 0.5) is 5.69 Å². The number of methoxy groups -OCH3 is 1. The van der Waals surface area contributed by atoms with E-state index in [1.807, 2.05) is 27.7 Å². The Bertz CT molecular complexity index is 2080. The minimum absolute atomic E-state index is 0.0554. The monoisotopic (exact) mass is 866 g/mol. The lowest BCUT2D eigenvalue weighted by atomic mass is 9.78. The van der Waals surface area contributed by atoms with E-state index in [0.717, 1.165) is 0 Å². The van der Waals surface area contributed by atoms with Gasteiger partial charge in [0.05, 0.1) is 41.2 Å². The molecule has 0 spiro atoms. The van der Waals surface area contributed by atoms with Gasteiger partial charge in [-0.3, -0.25) is 19.2 Å². The van der Waals surface area contributed by atoms with Crippen LogP contribution >= 0.6 is 0 Å². The molecule has 15 heteroatoms. The molecule has 5 N–H and O–H groups in total. The molecule has 0 saturated carbocycles. The largest absolute Gasteiger partial charge is 0.507 e. The number of phenols is 2. The van der Waals surface area contributed by atoms with Gasteiger partial charge in [-0.05, 0) is 46.6 Å². The zero-order valence-corrected chi connectivity index (χ0v) is 38.3. The van der Waals surface area contributed by atoms with Crippen molar-refractivity contribution in [2.75, 3.05) is 19.0 Å². The van der Waals surface area contributed by atoms with Crippen LogP contribution in [0.15, 0.2) is 42.2 Å². The molecule has 2 aromatic carbocycles. The third kappa shape index (κ3) is 10.1. The predicted molar refractivity (Wildman–Crippen MR) is 234 cm³/mol. The lowest BCUT2D eigenvalue weighted by Crippen LogP contribution is -2.46. The molecule has 0 radical (unpaired) electrons. The van der Waals surface area contributed by atoms with Crippen molar-refractivity contribution in [2.24, 2.45) is 23.7 Å². The summed E-state index contributed by atoms with van der Waals surface area (Å²) in [6.45, 7) is 19.9. The molecule has 5 bridgehead atoms. The Morgan fingerprint density at radius 1 is 0.935 bits per heavy atom. The fourth-order valence-corrected chi connectivity index (χ4v) is 8.28. The maximum Gasteiger partial charge on any atom is 0.312 e. The number of aliphatic hydroxyl groups is 2. The van der Waals surface area contributed by atoms with Gasteiger partial charge in [0.25, 0.3) is 17.6 Å². The molecular formula is C47H66N2O13. The maximum atomic E-state index is 14.6. The zero-order valence-electron chi connectivity index (χ0n) is 38.3. The average molecular weight is 867 g/mol. The van der Waals surface area contributed by atoms with Crippen LogP contribution in [0.3, 0.4) is 0 Å². The molecule has 5 rings (SSSR count). The number of esters is 1. The summed E-state index contributed by atoms with van der Waals surface area (Å²) in [5, 5.41) is 48.8. The van der Waals surface area contributed by atoms with Gasteiger partial charge < -0.3 is 54.3 Å². The highest BCUT2D eigenvalue weighted by Crippen LogP contribution is 2.54. The van der Waals surface area contributed by atoms with Gasteiger partial charge in [0.1, 0.15) is 23.4 Å². The van der Waals surface area contributed by atoms with Crippen molar-refractivity contribution in [3.8, 4) is 23.0 Å². The second-order valence-electron chi connectivity index (χ2n) is 17.0. The molecular weight excluding hydrogens is 801 g/mol. The number of allylic oxidation sites excluding steroid dienone is 2. The summed E-state index contributed by atoms with van der Waals surface area (Å²) in [6, 6.07) is 1.05. The molecule has 342 valence electrons. The fourth-order valence-electron chi connectivity index (χ4n) is 8.28. The number of aliphatic hydroxyl groups excluding tert-OH is 2. The van der Waals surface area contributed by atoms with E-state index in [1.165, 1.54) is 59.3 Å². The number of fused-ring (bicyclic) bond motifs is 14. The number of rotatable bonds is 9. The molecule has 0 saturated heterocycles. The number of aromatic hydroxyl groups is 2. The summed E-state index contributed by atoms with van der Waals surface area (Å²) >= 11 is 0. The number of benzene rings is 2. The first-order valence-electron chi connectivity index (χ1n) is 21.4.